The molecule has 212 valence electrons. The maximum absolute atomic E-state index is 13.5. The molecular weight excluding hydrogens is 581 g/mol. The van der Waals surface area contributed by atoms with Crippen molar-refractivity contribution in [2.75, 3.05) is 5.73 Å². The van der Waals surface area contributed by atoms with E-state index in [4.69, 9.17) is 5.73 Å². The largest absolute Gasteiger partial charge is 0.456 e. The van der Waals surface area contributed by atoms with Gasteiger partial charge in [0.05, 0.1) is 16.7 Å². The van der Waals surface area contributed by atoms with Crippen LogP contribution in [-0.4, -0.2) is 6.18 Å². The van der Waals surface area contributed by atoms with Crippen LogP contribution in [0.3, 0.4) is 0 Å². The molecule has 0 heterocycles. The molecule has 38 heavy (non-hydrogen) atoms. The Bertz CT molecular complexity index is 1240. The summed E-state index contributed by atoms with van der Waals surface area (Å²) in [6.45, 7) is 0. The number of benzene rings is 2. The van der Waals surface area contributed by atoms with Gasteiger partial charge in [0.25, 0.3) is 6.08 Å². The first-order chi connectivity index (χ1) is 16.8. The van der Waals surface area contributed by atoms with Crippen molar-refractivity contribution < 1.29 is 79.4 Å². The molecule has 2 nitrogen and oxygen atoms in total. The minimum atomic E-state index is -6.37. The van der Waals surface area contributed by atoms with Crippen LogP contribution in [0.2, 0.25) is 0 Å². The monoisotopic (exact) mass is 587 g/mol. The van der Waals surface area contributed by atoms with Crippen molar-refractivity contribution >= 4 is 11.3 Å². The summed E-state index contributed by atoms with van der Waals surface area (Å²) in [6.07, 6.45) is -33.8. The molecule has 0 atom stereocenters. The normalized spacial score (nSPS) is 13.5. The van der Waals surface area contributed by atoms with Crippen molar-refractivity contribution in [3.63, 3.8) is 0 Å². The molecule has 0 amide bonds. The number of hydrogen-bond donors (Lipinski definition) is 1. The molecule has 2 aromatic carbocycles. The highest BCUT2D eigenvalue weighted by molar-refractivity contribution is 5.75. The van der Waals surface area contributed by atoms with E-state index in [1.807, 2.05) is 0 Å². The molecule has 0 radical (unpaired) electrons. The van der Waals surface area contributed by atoms with E-state index in [0.717, 1.165) is 0 Å². The summed E-state index contributed by atoms with van der Waals surface area (Å²) in [7, 11) is 0. The molecule has 0 saturated heterocycles. The van der Waals surface area contributed by atoms with Crippen molar-refractivity contribution in [1.82, 2.24) is 0 Å². The lowest BCUT2D eigenvalue weighted by molar-refractivity contribution is -0.143. The Morgan fingerprint density at radius 1 is 0.526 bits per heavy atom. The molecule has 0 aliphatic rings. The van der Waals surface area contributed by atoms with E-state index in [2.05, 4.69) is 4.74 Å². The van der Waals surface area contributed by atoms with Crippen LogP contribution in [0.5, 0.6) is 11.5 Å². The number of hydrogen-bond acceptors (Lipinski definition) is 2. The maximum Gasteiger partial charge on any atom is 0.422 e. The third-order valence-electron chi connectivity index (χ3n) is 4.45. The summed E-state index contributed by atoms with van der Waals surface area (Å²) in [5.74, 6) is -4.58. The van der Waals surface area contributed by atoms with E-state index < -0.39 is 112 Å². The van der Waals surface area contributed by atoms with E-state index in [0.29, 0.717) is 0 Å². The summed E-state index contributed by atoms with van der Waals surface area (Å²) >= 11 is 0. The topological polar surface area (TPSA) is 35.2 Å². The molecule has 0 spiro atoms. The van der Waals surface area contributed by atoms with Crippen molar-refractivity contribution in [2.24, 2.45) is 0 Å². The predicted octanol–water partition coefficient (Wildman–Crippen LogP) is 9.31. The molecule has 0 bridgehead atoms. The van der Waals surface area contributed by atoms with Crippen LogP contribution >= 0.6 is 0 Å². The number of nitrogens with two attached hydrogens (primary N) is 1. The highest BCUT2D eigenvalue weighted by Crippen LogP contribution is 2.50. The smallest absolute Gasteiger partial charge is 0.422 e. The number of nitrogen functional groups attached to an aromatic ring is 1. The lowest BCUT2D eigenvalue weighted by Gasteiger charge is -2.23. The second kappa shape index (κ2) is 9.40. The van der Waals surface area contributed by atoms with Gasteiger partial charge in [-0.25, -0.2) is 0 Å². The summed E-state index contributed by atoms with van der Waals surface area (Å²) < 4.78 is 229. The summed E-state index contributed by atoms with van der Waals surface area (Å²) in [5.41, 5.74) is -13.1. The molecule has 2 rings (SSSR count). The van der Waals surface area contributed by atoms with Gasteiger partial charge in [-0.2, -0.15) is 74.6 Å². The van der Waals surface area contributed by atoms with E-state index in [-0.39, 0.29) is 0 Å². The Kier molecular flexibility index (Phi) is 7.63. The second-order valence-corrected chi connectivity index (χ2v) is 7.06. The van der Waals surface area contributed by atoms with Crippen molar-refractivity contribution in [2.45, 2.75) is 30.9 Å². The minimum absolute atomic E-state index is 0.465. The zero-order valence-corrected chi connectivity index (χ0v) is 17.2. The molecule has 2 aromatic rings. The zero-order valence-electron chi connectivity index (χ0n) is 17.2. The van der Waals surface area contributed by atoms with Crippen molar-refractivity contribution in [3.8, 4) is 11.5 Å². The molecule has 0 fully saturated rings. The second-order valence-electron chi connectivity index (χ2n) is 7.06. The van der Waals surface area contributed by atoms with Gasteiger partial charge in [0.1, 0.15) is 22.6 Å². The highest BCUT2D eigenvalue weighted by atomic mass is 19.4. The molecule has 0 saturated carbocycles. The Balaban J connectivity index is 3.03. The average Bonchev–Trinajstić information content (AvgIpc) is 2.65. The fourth-order valence-corrected chi connectivity index (χ4v) is 2.96. The van der Waals surface area contributed by atoms with Crippen LogP contribution in [0.1, 0.15) is 27.8 Å². The maximum atomic E-state index is 13.5. The molecule has 19 heteroatoms. The van der Waals surface area contributed by atoms with Gasteiger partial charge >= 0.3 is 30.9 Å². The van der Waals surface area contributed by atoms with Crippen molar-refractivity contribution in [1.29, 1.82) is 0 Å². The standard InChI is InChI=1S/C19H6F17NO/c20-14(21)13(19(34,35)36)5-1-8(17(28,29)30)11(3-6(5)15(22,23)24)38-12-4-7(16(25,26)27)10(37)2-9(12)18(31,32)33/h1-4H,37H2. The summed E-state index contributed by atoms with van der Waals surface area (Å²) in [5, 5.41) is 0. The lowest BCUT2D eigenvalue weighted by atomic mass is 9.95. The van der Waals surface area contributed by atoms with Gasteiger partial charge in [-0.3, -0.25) is 0 Å². The first kappa shape index (κ1) is 30.8. The molecule has 0 aromatic heterocycles. The number of rotatable bonds is 3. The third kappa shape index (κ3) is 6.53. The number of halogens is 17. The van der Waals surface area contributed by atoms with Gasteiger partial charge in [-0.1, -0.05) is 0 Å². The fourth-order valence-electron chi connectivity index (χ4n) is 2.96. The molecule has 0 unspecified atom stereocenters. The Hall–Kier alpha value is -3.41. The van der Waals surface area contributed by atoms with Gasteiger partial charge in [-0.15, -0.1) is 0 Å². The Morgan fingerprint density at radius 2 is 0.895 bits per heavy atom. The van der Waals surface area contributed by atoms with Crippen LogP contribution in [0.25, 0.3) is 5.57 Å². The molecule has 0 aliphatic carbocycles. The van der Waals surface area contributed by atoms with E-state index >= 15 is 0 Å². The molecule has 0 aliphatic heterocycles. The fraction of sp³-hybridized carbons (Fsp3) is 0.263. The average molecular weight is 587 g/mol. The number of ether oxygens (including phenoxy) is 1. The van der Waals surface area contributed by atoms with E-state index in [1.54, 1.807) is 0 Å². The highest BCUT2D eigenvalue weighted by Gasteiger charge is 2.48. The van der Waals surface area contributed by atoms with E-state index in [1.165, 1.54) is 0 Å². The first-order valence-electron chi connectivity index (χ1n) is 8.97. The number of anilines is 1. The predicted molar refractivity (Wildman–Crippen MR) is 92.6 cm³/mol. The first-order valence-corrected chi connectivity index (χ1v) is 8.97. The van der Waals surface area contributed by atoms with Crippen LogP contribution < -0.4 is 10.5 Å². The van der Waals surface area contributed by atoms with Crippen LogP contribution in [0.4, 0.5) is 80.3 Å². The van der Waals surface area contributed by atoms with Crippen LogP contribution in [0, 0.1) is 0 Å². The van der Waals surface area contributed by atoms with Gasteiger partial charge in [0.15, 0.2) is 0 Å². The zero-order chi connectivity index (χ0) is 29.8. The Morgan fingerprint density at radius 3 is 1.24 bits per heavy atom. The van der Waals surface area contributed by atoms with Gasteiger partial charge < -0.3 is 10.5 Å². The summed E-state index contributed by atoms with van der Waals surface area (Å²) in [4.78, 5) is 0. The SMILES string of the molecule is Nc1cc(C(F)(F)F)c(Oc2cc(C(F)(F)F)c(C(=C(F)F)C(F)(F)F)cc2C(F)(F)F)cc1C(F)(F)F. The number of alkyl halides is 15. The van der Waals surface area contributed by atoms with E-state index in [9.17, 15) is 74.6 Å². The van der Waals surface area contributed by atoms with Crippen LogP contribution in [0.15, 0.2) is 30.3 Å². The van der Waals surface area contributed by atoms with Crippen molar-refractivity contribution in [3.05, 3.63) is 58.2 Å². The number of allylic oxidation sites excluding steroid dienone is 1. The van der Waals surface area contributed by atoms with Gasteiger partial charge in [0.2, 0.25) is 0 Å². The van der Waals surface area contributed by atoms with Crippen LogP contribution in [-0.2, 0) is 24.7 Å². The lowest BCUT2D eigenvalue weighted by Crippen LogP contribution is -2.20. The molecular formula is C19H6F17NO. The summed E-state index contributed by atoms with van der Waals surface area (Å²) in [6, 6.07) is -3.21. The Labute approximate surface area is 198 Å². The third-order valence-corrected chi connectivity index (χ3v) is 4.45. The van der Waals surface area contributed by atoms with Gasteiger partial charge in [0, 0.05) is 11.3 Å². The minimum Gasteiger partial charge on any atom is -0.456 e. The quantitative estimate of drug-likeness (QED) is 0.287. The molecule has 2 N–H and O–H groups in total. The van der Waals surface area contributed by atoms with Gasteiger partial charge in [-0.05, 0) is 24.3 Å².